The number of amides is 1. The highest BCUT2D eigenvalue weighted by Crippen LogP contribution is 2.18. The van der Waals surface area contributed by atoms with Crippen molar-refractivity contribution in [2.45, 2.75) is 39.9 Å². The van der Waals surface area contributed by atoms with Crippen molar-refractivity contribution in [1.29, 1.82) is 0 Å². The van der Waals surface area contributed by atoms with Crippen LogP contribution < -0.4 is 15.4 Å². The maximum absolute atomic E-state index is 12.4. The SMILES string of the molecule is CCNC(=NCC(=O)N(C)CC(F)(F)F)NC(C)c1ccc(OCC(C)C)cc1.I. The Morgan fingerprint density at radius 2 is 1.80 bits per heavy atom. The molecule has 0 spiro atoms. The zero-order valence-electron chi connectivity index (χ0n) is 18.0. The van der Waals surface area contributed by atoms with Crippen LogP contribution in [0.4, 0.5) is 13.2 Å². The molecule has 1 amide bonds. The van der Waals surface area contributed by atoms with Crippen molar-refractivity contribution in [3.05, 3.63) is 29.8 Å². The van der Waals surface area contributed by atoms with Crippen LogP contribution in [0.3, 0.4) is 0 Å². The Bertz CT molecular complexity index is 667. The topological polar surface area (TPSA) is 66.0 Å². The molecule has 0 aromatic heterocycles. The summed E-state index contributed by atoms with van der Waals surface area (Å²) in [6.45, 7) is 7.45. The average molecular weight is 544 g/mol. The minimum absolute atomic E-state index is 0. The number of nitrogens with one attached hydrogen (secondary N) is 2. The summed E-state index contributed by atoms with van der Waals surface area (Å²) in [5, 5.41) is 6.14. The largest absolute Gasteiger partial charge is 0.493 e. The Hall–Kier alpha value is -1.72. The molecule has 2 N–H and O–H groups in total. The lowest BCUT2D eigenvalue weighted by Gasteiger charge is -2.20. The highest BCUT2D eigenvalue weighted by Gasteiger charge is 2.31. The van der Waals surface area contributed by atoms with Gasteiger partial charge in [-0.2, -0.15) is 13.2 Å². The van der Waals surface area contributed by atoms with E-state index in [4.69, 9.17) is 4.74 Å². The first-order valence-electron chi connectivity index (χ1n) is 9.60. The van der Waals surface area contributed by atoms with Gasteiger partial charge < -0.3 is 20.3 Å². The van der Waals surface area contributed by atoms with Gasteiger partial charge in [-0.15, -0.1) is 24.0 Å². The van der Waals surface area contributed by atoms with E-state index in [0.29, 0.717) is 29.9 Å². The van der Waals surface area contributed by atoms with E-state index in [-0.39, 0.29) is 36.6 Å². The van der Waals surface area contributed by atoms with Gasteiger partial charge in [0.2, 0.25) is 5.91 Å². The number of benzene rings is 1. The number of alkyl halides is 3. The van der Waals surface area contributed by atoms with Crippen molar-refractivity contribution in [2.75, 3.05) is 33.3 Å². The molecular weight excluding hydrogens is 512 g/mol. The summed E-state index contributed by atoms with van der Waals surface area (Å²) in [5.74, 6) is 0.869. The lowest BCUT2D eigenvalue weighted by molar-refractivity contribution is -0.157. The molecule has 0 radical (unpaired) electrons. The standard InChI is InChI=1S/C20H31F3N4O2.HI/c1-6-24-19(25-11-18(28)27(5)13-20(21,22)23)26-15(4)16-7-9-17(10-8-16)29-12-14(2)3;/h7-10,14-15H,6,11-13H2,1-5H3,(H2,24,25,26);1H. The first-order valence-corrected chi connectivity index (χ1v) is 9.60. The van der Waals surface area contributed by atoms with Gasteiger partial charge in [0.25, 0.3) is 0 Å². The number of halogens is 4. The van der Waals surface area contributed by atoms with Gasteiger partial charge in [0, 0.05) is 13.6 Å². The second-order valence-corrected chi connectivity index (χ2v) is 7.20. The number of hydrogen-bond acceptors (Lipinski definition) is 3. The smallest absolute Gasteiger partial charge is 0.406 e. The van der Waals surface area contributed by atoms with E-state index < -0.39 is 18.6 Å². The molecule has 1 rings (SSSR count). The summed E-state index contributed by atoms with van der Waals surface area (Å²) in [6.07, 6.45) is -4.43. The van der Waals surface area contributed by atoms with Crippen LogP contribution in [0.25, 0.3) is 0 Å². The summed E-state index contributed by atoms with van der Waals surface area (Å²) < 4.78 is 42.9. The Kier molecular flexibility index (Phi) is 12.8. The lowest BCUT2D eigenvalue weighted by Crippen LogP contribution is -2.41. The third kappa shape index (κ3) is 11.5. The molecule has 1 aromatic rings. The van der Waals surface area contributed by atoms with Gasteiger partial charge in [0.05, 0.1) is 12.6 Å². The molecule has 0 bridgehead atoms. The summed E-state index contributed by atoms with van der Waals surface area (Å²) >= 11 is 0. The van der Waals surface area contributed by atoms with Crippen molar-refractivity contribution < 1.29 is 22.7 Å². The van der Waals surface area contributed by atoms with Crippen LogP contribution in [-0.2, 0) is 4.79 Å². The monoisotopic (exact) mass is 544 g/mol. The molecule has 0 aliphatic rings. The predicted molar refractivity (Wildman–Crippen MR) is 123 cm³/mol. The van der Waals surface area contributed by atoms with Gasteiger partial charge in [-0.3, -0.25) is 4.79 Å². The number of hydrogen-bond donors (Lipinski definition) is 2. The fraction of sp³-hybridized carbons (Fsp3) is 0.600. The number of ether oxygens (including phenoxy) is 1. The fourth-order valence-corrected chi connectivity index (χ4v) is 2.35. The van der Waals surface area contributed by atoms with Crippen molar-refractivity contribution in [2.24, 2.45) is 10.9 Å². The molecule has 6 nitrogen and oxygen atoms in total. The maximum atomic E-state index is 12.4. The van der Waals surface area contributed by atoms with Crippen LogP contribution in [0, 0.1) is 5.92 Å². The van der Waals surface area contributed by atoms with E-state index in [9.17, 15) is 18.0 Å². The number of rotatable bonds is 9. The lowest BCUT2D eigenvalue weighted by atomic mass is 10.1. The summed E-state index contributed by atoms with van der Waals surface area (Å²) in [5.41, 5.74) is 0.980. The molecule has 0 fully saturated rings. The van der Waals surface area contributed by atoms with E-state index in [1.165, 1.54) is 0 Å². The zero-order chi connectivity index (χ0) is 22.0. The summed E-state index contributed by atoms with van der Waals surface area (Å²) in [7, 11) is 1.11. The van der Waals surface area contributed by atoms with Crippen LogP contribution >= 0.6 is 24.0 Å². The molecule has 10 heteroatoms. The van der Waals surface area contributed by atoms with Crippen molar-refractivity contribution in [3.8, 4) is 5.75 Å². The molecule has 1 atom stereocenters. The number of nitrogens with zero attached hydrogens (tertiary/aromatic N) is 2. The van der Waals surface area contributed by atoms with Crippen molar-refractivity contribution in [3.63, 3.8) is 0 Å². The molecule has 0 saturated carbocycles. The van der Waals surface area contributed by atoms with Crippen molar-refractivity contribution >= 4 is 35.8 Å². The van der Waals surface area contributed by atoms with Crippen LogP contribution in [0.5, 0.6) is 5.75 Å². The predicted octanol–water partition coefficient (Wildman–Crippen LogP) is 3.98. The van der Waals surface area contributed by atoms with Crippen LogP contribution in [-0.4, -0.2) is 56.2 Å². The number of carbonyl (C=O) groups is 1. The normalized spacial score (nSPS) is 12.8. The van der Waals surface area contributed by atoms with Crippen LogP contribution in [0.1, 0.15) is 39.3 Å². The number of aliphatic imine (C=N–C) groups is 1. The average Bonchev–Trinajstić information content (AvgIpc) is 2.63. The zero-order valence-corrected chi connectivity index (χ0v) is 20.4. The van der Waals surface area contributed by atoms with Gasteiger partial charge in [0.1, 0.15) is 18.8 Å². The second-order valence-electron chi connectivity index (χ2n) is 7.20. The summed E-state index contributed by atoms with van der Waals surface area (Å²) in [6, 6.07) is 7.50. The quantitative estimate of drug-likeness (QED) is 0.281. The Labute approximate surface area is 193 Å². The first-order chi connectivity index (χ1) is 13.5. The van der Waals surface area contributed by atoms with Gasteiger partial charge in [0.15, 0.2) is 5.96 Å². The van der Waals surface area contributed by atoms with Crippen molar-refractivity contribution in [1.82, 2.24) is 15.5 Å². The molecule has 1 unspecified atom stereocenters. The fourth-order valence-electron chi connectivity index (χ4n) is 2.35. The Morgan fingerprint density at radius 3 is 2.30 bits per heavy atom. The van der Waals surface area contributed by atoms with E-state index in [0.717, 1.165) is 18.4 Å². The molecule has 30 heavy (non-hydrogen) atoms. The molecular formula is C20H32F3IN4O2. The minimum atomic E-state index is -4.43. The number of carbonyl (C=O) groups excluding carboxylic acids is 1. The van der Waals surface area contributed by atoms with E-state index >= 15 is 0 Å². The Balaban J connectivity index is 0.00000841. The highest BCUT2D eigenvalue weighted by atomic mass is 127. The van der Waals surface area contributed by atoms with E-state index in [2.05, 4.69) is 29.5 Å². The van der Waals surface area contributed by atoms with Gasteiger partial charge in [-0.1, -0.05) is 26.0 Å². The molecule has 172 valence electrons. The van der Waals surface area contributed by atoms with Gasteiger partial charge >= 0.3 is 6.18 Å². The third-order valence-corrected chi connectivity index (χ3v) is 3.88. The molecule has 0 aliphatic heterocycles. The van der Waals surface area contributed by atoms with Crippen LogP contribution in [0.15, 0.2) is 29.3 Å². The molecule has 1 aromatic carbocycles. The van der Waals surface area contributed by atoms with Gasteiger partial charge in [-0.25, -0.2) is 4.99 Å². The molecule has 0 saturated heterocycles. The number of guanidine groups is 1. The highest BCUT2D eigenvalue weighted by molar-refractivity contribution is 14.0. The number of likely N-dealkylation sites (N-methyl/N-ethyl adjacent to an activating group) is 1. The minimum Gasteiger partial charge on any atom is -0.493 e. The van der Waals surface area contributed by atoms with E-state index in [1.807, 2.05) is 38.1 Å². The Morgan fingerprint density at radius 1 is 1.20 bits per heavy atom. The summed E-state index contributed by atoms with van der Waals surface area (Å²) in [4.78, 5) is 16.6. The van der Waals surface area contributed by atoms with Gasteiger partial charge in [-0.05, 0) is 37.5 Å². The third-order valence-electron chi connectivity index (χ3n) is 3.88. The van der Waals surface area contributed by atoms with E-state index in [1.54, 1.807) is 0 Å². The maximum Gasteiger partial charge on any atom is 0.406 e. The second kappa shape index (κ2) is 13.6. The van der Waals surface area contributed by atoms with Crippen LogP contribution in [0.2, 0.25) is 0 Å². The molecule has 0 heterocycles. The first kappa shape index (κ1) is 28.3. The molecule has 0 aliphatic carbocycles.